The van der Waals surface area contributed by atoms with Gasteiger partial charge in [-0.05, 0) is 67.3 Å². The van der Waals surface area contributed by atoms with Crippen LogP contribution in [0.1, 0.15) is 48.1 Å². The molecule has 5 rings (SSSR count). The van der Waals surface area contributed by atoms with Crippen LogP contribution in [0.3, 0.4) is 0 Å². The van der Waals surface area contributed by atoms with Crippen LogP contribution in [0.25, 0.3) is 11.3 Å². The molecule has 6 heteroatoms. The Balaban J connectivity index is 1.58. The van der Waals surface area contributed by atoms with Crippen LogP contribution in [-0.2, 0) is 0 Å². The van der Waals surface area contributed by atoms with E-state index in [9.17, 15) is 5.26 Å². The number of rotatable bonds is 3. The number of hydrazine groups is 2. The zero-order valence-corrected chi connectivity index (χ0v) is 17.1. The molecule has 1 atom stereocenters. The highest BCUT2D eigenvalue weighted by molar-refractivity contribution is 5.76. The van der Waals surface area contributed by atoms with Crippen LogP contribution in [0.15, 0.2) is 54.2 Å². The molecule has 0 radical (unpaired) electrons. The van der Waals surface area contributed by atoms with Crippen molar-refractivity contribution in [1.82, 2.24) is 21.3 Å². The predicted octanol–water partition coefficient (Wildman–Crippen LogP) is 3.51. The quantitative estimate of drug-likeness (QED) is 0.634. The minimum absolute atomic E-state index is 0.156. The van der Waals surface area contributed by atoms with E-state index in [4.69, 9.17) is 0 Å². The van der Waals surface area contributed by atoms with E-state index in [1.807, 2.05) is 24.3 Å². The molecule has 3 heterocycles. The molecule has 0 aliphatic carbocycles. The molecule has 0 spiro atoms. The van der Waals surface area contributed by atoms with Gasteiger partial charge >= 0.3 is 0 Å². The summed E-state index contributed by atoms with van der Waals surface area (Å²) in [6.07, 6.45) is 4.30. The number of benzene rings is 2. The van der Waals surface area contributed by atoms with Crippen LogP contribution in [0.2, 0.25) is 0 Å². The van der Waals surface area contributed by atoms with Crippen molar-refractivity contribution in [1.29, 1.82) is 5.26 Å². The van der Waals surface area contributed by atoms with Gasteiger partial charge in [0.25, 0.3) is 0 Å². The number of fused-ring (bicyclic) bond motifs is 3. The van der Waals surface area contributed by atoms with Gasteiger partial charge in [0.15, 0.2) is 0 Å². The van der Waals surface area contributed by atoms with Gasteiger partial charge in [-0.3, -0.25) is 5.01 Å². The molecule has 6 nitrogen and oxygen atoms in total. The van der Waals surface area contributed by atoms with E-state index in [1.54, 1.807) is 0 Å². The monoisotopic (exact) mass is 398 g/mol. The fraction of sp³-hybridized carbons (Fsp3) is 0.292. The maximum atomic E-state index is 9.27. The minimum Gasteiger partial charge on any atom is -0.378 e. The average molecular weight is 399 g/mol. The Morgan fingerprint density at radius 3 is 2.97 bits per heavy atom. The van der Waals surface area contributed by atoms with Crippen molar-refractivity contribution in [2.75, 3.05) is 25.0 Å². The van der Waals surface area contributed by atoms with Gasteiger partial charge in [-0.2, -0.15) is 5.26 Å². The van der Waals surface area contributed by atoms with Gasteiger partial charge in [-0.15, -0.1) is 5.53 Å². The van der Waals surface area contributed by atoms with Crippen molar-refractivity contribution in [3.8, 4) is 6.07 Å². The van der Waals surface area contributed by atoms with E-state index in [0.29, 0.717) is 5.56 Å². The Morgan fingerprint density at radius 1 is 1.20 bits per heavy atom. The third kappa shape index (κ3) is 3.43. The van der Waals surface area contributed by atoms with Crippen LogP contribution < -0.4 is 21.6 Å². The molecule has 0 amide bonds. The van der Waals surface area contributed by atoms with Crippen LogP contribution in [0, 0.1) is 11.3 Å². The number of hydrogen-bond acceptors (Lipinski definition) is 6. The summed E-state index contributed by atoms with van der Waals surface area (Å²) >= 11 is 0. The lowest BCUT2D eigenvalue weighted by molar-refractivity contribution is 0.281. The van der Waals surface area contributed by atoms with Crippen molar-refractivity contribution < 1.29 is 0 Å². The second kappa shape index (κ2) is 7.86. The predicted molar refractivity (Wildman–Crippen MR) is 120 cm³/mol. The molecule has 152 valence electrons. The van der Waals surface area contributed by atoms with E-state index in [1.165, 1.54) is 28.0 Å². The standard InChI is InChI=1S/C24H26N6/c1-16-24-21-6-5-19(18-7-10-26-11-8-18)14-22(21)23(9-12-30(24)29-28-16)27-20-4-2-3-17(13-20)15-25/h2-7,13-14,23,26-29H,8-12H2,1H3. The summed E-state index contributed by atoms with van der Waals surface area (Å²) in [5, 5.41) is 18.6. The highest BCUT2D eigenvalue weighted by Crippen LogP contribution is 2.38. The highest BCUT2D eigenvalue weighted by atomic mass is 15.7. The molecule has 1 unspecified atom stereocenters. The zero-order chi connectivity index (χ0) is 20.5. The second-order valence-electron chi connectivity index (χ2n) is 8.03. The molecule has 4 N–H and O–H groups in total. The van der Waals surface area contributed by atoms with E-state index in [0.717, 1.165) is 43.9 Å². The van der Waals surface area contributed by atoms with Gasteiger partial charge in [0, 0.05) is 24.3 Å². The number of allylic oxidation sites excluding steroid dienone is 1. The maximum Gasteiger partial charge on any atom is 0.0992 e. The average Bonchev–Trinajstić information content (AvgIpc) is 3.09. The Bertz CT molecular complexity index is 1080. The summed E-state index contributed by atoms with van der Waals surface area (Å²) in [5.74, 6) is 0. The van der Waals surface area contributed by atoms with Crippen molar-refractivity contribution in [3.05, 3.63) is 76.5 Å². The lowest BCUT2D eigenvalue weighted by Gasteiger charge is -2.23. The highest BCUT2D eigenvalue weighted by Gasteiger charge is 2.30. The van der Waals surface area contributed by atoms with Gasteiger partial charge in [-0.1, -0.05) is 24.3 Å². The van der Waals surface area contributed by atoms with Gasteiger partial charge in [-0.25, -0.2) is 0 Å². The van der Waals surface area contributed by atoms with Crippen molar-refractivity contribution in [2.45, 2.75) is 25.8 Å². The number of hydrogen-bond donors (Lipinski definition) is 4. The molecule has 0 saturated heterocycles. The van der Waals surface area contributed by atoms with Crippen molar-refractivity contribution in [2.24, 2.45) is 0 Å². The largest absolute Gasteiger partial charge is 0.378 e. The summed E-state index contributed by atoms with van der Waals surface area (Å²) in [7, 11) is 0. The Kier molecular flexibility index (Phi) is 4.91. The van der Waals surface area contributed by atoms with E-state index < -0.39 is 0 Å². The normalized spacial score (nSPS) is 20.5. The second-order valence-corrected chi connectivity index (χ2v) is 8.03. The van der Waals surface area contributed by atoms with Crippen molar-refractivity contribution in [3.63, 3.8) is 0 Å². The smallest absolute Gasteiger partial charge is 0.0992 e. The summed E-state index contributed by atoms with van der Waals surface area (Å²) in [6, 6.07) is 17.0. The maximum absolute atomic E-state index is 9.27. The molecule has 0 saturated carbocycles. The topological polar surface area (TPSA) is 75.1 Å². The summed E-state index contributed by atoms with van der Waals surface area (Å²) in [4.78, 5) is 0. The first-order chi connectivity index (χ1) is 14.7. The third-order valence-electron chi connectivity index (χ3n) is 6.09. The fourth-order valence-electron chi connectivity index (χ4n) is 4.58. The third-order valence-corrected chi connectivity index (χ3v) is 6.09. The first-order valence-electron chi connectivity index (χ1n) is 10.5. The summed E-state index contributed by atoms with van der Waals surface area (Å²) in [6.45, 7) is 4.95. The summed E-state index contributed by atoms with van der Waals surface area (Å²) < 4.78 is 0. The first kappa shape index (κ1) is 18.7. The molecular formula is C24H26N6. The summed E-state index contributed by atoms with van der Waals surface area (Å²) in [5.41, 5.74) is 15.8. The molecule has 2 aromatic rings. The van der Waals surface area contributed by atoms with Gasteiger partial charge < -0.3 is 16.1 Å². The van der Waals surface area contributed by atoms with Gasteiger partial charge in [0.2, 0.25) is 0 Å². The Morgan fingerprint density at radius 2 is 2.13 bits per heavy atom. The number of nitrogens with one attached hydrogen (secondary N) is 4. The molecule has 3 aliphatic rings. The Labute approximate surface area is 177 Å². The van der Waals surface area contributed by atoms with E-state index in [2.05, 4.69) is 63.9 Å². The minimum atomic E-state index is 0.156. The van der Waals surface area contributed by atoms with Crippen LogP contribution in [0.4, 0.5) is 5.69 Å². The van der Waals surface area contributed by atoms with E-state index in [-0.39, 0.29) is 6.04 Å². The molecular weight excluding hydrogens is 372 g/mol. The van der Waals surface area contributed by atoms with E-state index >= 15 is 0 Å². The molecule has 30 heavy (non-hydrogen) atoms. The van der Waals surface area contributed by atoms with Crippen LogP contribution >= 0.6 is 0 Å². The number of nitrogens with zero attached hydrogens (tertiary/aromatic N) is 2. The van der Waals surface area contributed by atoms with Crippen molar-refractivity contribution >= 4 is 17.0 Å². The SMILES string of the molecule is CC1=C2c3ccc(C4=CCNCC4)cc3C(Nc3cccc(C#N)c3)CCN2NN1. The number of anilines is 1. The zero-order valence-electron chi connectivity index (χ0n) is 17.1. The molecule has 0 aromatic heterocycles. The fourth-order valence-corrected chi connectivity index (χ4v) is 4.58. The van der Waals surface area contributed by atoms with Crippen LogP contribution in [-0.4, -0.2) is 24.6 Å². The van der Waals surface area contributed by atoms with Gasteiger partial charge in [0.1, 0.15) is 0 Å². The Hall–Kier alpha value is -3.27. The molecule has 0 fully saturated rings. The molecule has 3 aliphatic heterocycles. The van der Waals surface area contributed by atoms with Gasteiger partial charge in [0.05, 0.1) is 29.1 Å². The number of nitriles is 1. The lowest BCUT2D eigenvalue weighted by Crippen LogP contribution is -2.37. The molecule has 2 aromatic carbocycles. The van der Waals surface area contributed by atoms with Crippen LogP contribution in [0.5, 0.6) is 0 Å². The first-order valence-corrected chi connectivity index (χ1v) is 10.5. The lowest BCUT2D eigenvalue weighted by atomic mass is 9.91. The molecule has 0 bridgehead atoms.